The van der Waals surface area contributed by atoms with E-state index >= 15 is 0 Å². The SMILES string of the molecule is NC(=O)NS(=O)(=O)OC(=O)c1cccs1. The molecule has 3 N–H and O–H groups in total. The van der Waals surface area contributed by atoms with Crippen LogP contribution in [0.5, 0.6) is 0 Å². The van der Waals surface area contributed by atoms with Gasteiger partial charge in [0.15, 0.2) is 0 Å². The quantitative estimate of drug-likeness (QED) is 0.771. The lowest BCUT2D eigenvalue weighted by Gasteiger charge is -2.02. The van der Waals surface area contributed by atoms with Crippen LogP contribution in [0.2, 0.25) is 0 Å². The summed E-state index contributed by atoms with van der Waals surface area (Å²) in [6, 6.07) is 1.61. The molecule has 0 aromatic carbocycles. The van der Waals surface area contributed by atoms with Gasteiger partial charge in [-0.05, 0) is 11.4 Å². The second-order valence-electron chi connectivity index (χ2n) is 2.27. The van der Waals surface area contributed by atoms with Crippen LogP contribution in [0.4, 0.5) is 4.79 Å². The zero-order valence-electron chi connectivity index (χ0n) is 7.17. The number of nitrogens with one attached hydrogen (secondary N) is 1. The van der Waals surface area contributed by atoms with E-state index in [9.17, 15) is 18.0 Å². The van der Waals surface area contributed by atoms with Crippen molar-refractivity contribution in [1.29, 1.82) is 0 Å². The first kappa shape index (κ1) is 11.5. The predicted molar refractivity (Wildman–Crippen MR) is 51.4 cm³/mol. The van der Waals surface area contributed by atoms with Gasteiger partial charge in [-0.25, -0.2) is 14.3 Å². The Balaban J connectivity index is 2.71. The van der Waals surface area contributed by atoms with E-state index in [0.29, 0.717) is 0 Å². The summed E-state index contributed by atoms with van der Waals surface area (Å²) < 4.78 is 27.1. The Hall–Kier alpha value is -1.61. The number of amides is 2. The second kappa shape index (κ2) is 4.28. The van der Waals surface area contributed by atoms with Gasteiger partial charge in [0.2, 0.25) is 0 Å². The lowest BCUT2D eigenvalue weighted by atomic mass is 10.5. The molecule has 1 heterocycles. The number of carbonyl (C=O) groups is 2. The third-order valence-electron chi connectivity index (χ3n) is 1.13. The number of hydrogen-bond acceptors (Lipinski definition) is 6. The average molecular weight is 250 g/mol. The maximum Gasteiger partial charge on any atom is 0.413 e. The van der Waals surface area contributed by atoms with Gasteiger partial charge < -0.3 is 9.92 Å². The first-order valence-electron chi connectivity index (χ1n) is 3.50. The van der Waals surface area contributed by atoms with E-state index in [1.165, 1.54) is 10.8 Å². The Bertz CT molecular complexity index is 464. The summed E-state index contributed by atoms with van der Waals surface area (Å²) in [5.74, 6) is -1.07. The molecule has 0 atom stereocenters. The fraction of sp³-hybridized carbons (Fsp3) is 0. The molecular formula is C6H6N2O5S2. The molecule has 0 radical (unpaired) electrons. The number of hydrogen-bond donors (Lipinski definition) is 2. The van der Waals surface area contributed by atoms with E-state index < -0.39 is 22.3 Å². The summed E-state index contributed by atoms with van der Waals surface area (Å²) in [6.07, 6.45) is 0. The number of rotatable bonds is 3. The maximum atomic E-state index is 11.1. The molecule has 0 aliphatic rings. The van der Waals surface area contributed by atoms with Gasteiger partial charge in [0.25, 0.3) is 0 Å². The van der Waals surface area contributed by atoms with Gasteiger partial charge in [-0.1, -0.05) is 6.07 Å². The molecule has 0 saturated heterocycles. The lowest BCUT2D eigenvalue weighted by molar-refractivity contribution is 0.0750. The molecule has 0 spiro atoms. The molecule has 9 heteroatoms. The monoisotopic (exact) mass is 250 g/mol. The highest BCUT2D eigenvalue weighted by Crippen LogP contribution is 2.10. The van der Waals surface area contributed by atoms with Crippen LogP contribution in [0.1, 0.15) is 9.67 Å². The van der Waals surface area contributed by atoms with E-state index in [0.717, 1.165) is 11.3 Å². The fourth-order valence-electron chi connectivity index (χ4n) is 0.679. The minimum Gasteiger partial charge on any atom is -0.351 e. The molecule has 0 unspecified atom stereocenters. The van der Waals surface area contributed by atoms with Crippen LogP contribution < -0.4 is 10.5 Å². The standard InChI is InChI=1S/C6H6N2O5S2/c7-6(10)8-15(11,12)13-5(9)4-2-1-3-14-4/h1-3H,(H3,7,8,10). The highest BCUT2D eigenvalue weighted by atomic mass is 32.2. The van der Waals surface area contributed by atoms with Gasteiger partial charge in [0, 0.05) is 0 Å². The number of primary amides is 1. The van der Waals surface area contributed by atoms with Crippen LogP contribution in [0.25, 0.3) is 0 Å². The van der Waals surface area contributed by atoms with E-state index in [4.69, 9.17) is 0 Å². The van der Waals surface area contributed by atoms with Crippen LogP contribution in [0.15, 0.2) is 17.5 Å². The zero-order chi connectivity index (χ0) is 11.5. The Morgan fingerprint density at radius 1 is 1.47 bits per heavy atom. The molecule has 1 aromatic heterocycles. The van der Waals surface area contributed by atoms with Crippen molar-refractivity contribution in [2.45, 2.75) is 0 Å². The van der Waals surface area contributed by atoms with Gasteiger partial charge in [-0.15, -0.1) is 11.3 Å². The van der Waals surface area contributed by atoms with Crippen molar-refractivity contribution in [2.75, 3.05) is 0 Å². The Morgan fingerprint density at radius 2 is 2.13 bits per heavy atom. The maximum absolute atomic E-state index is 11.1. The molecule has 0 fully saturated rings. The first-order chi connectivity index (χ1) is 6.91. The van der Waals surface area contributed by atoms with Crippen LogP contribution >= 0.6 is 11.3 Å². The lowest BCUT2D eigenvalue weighted by Crippen LogP contribution is -2.37. The normalized spacial score (nSPS) is 10.7. The fourth-order valence-corrected chi connectivity index (χ4v) is 1.91. The Morgan fingerprint density at radius 3 is 2.60 bits per heavy atom. The molecule has 1 rings (SSSR count). The topological polar surface area (TPSA) is 116 Å². The number of carbonyl (C=O) groups excluding carboxylic acids is 2. The number of thiophene rings is 1. The molecule has 2 amide bonds. The predicted octanol–water partition coefficient (Wildman–Crippen LogP) is -0.182. The van der Waals surface area contributed by atoms with Crippen molar-refractivity contribution in [1.82, 2.24) is 4.72 Å². The summed E-state index contributed by atoms with van der Waals surface area (Å²) in [7, 11) is -4.47. The number of nitrogens with two attached hydrogens (primary N) is 1. The van der Waals surface area contributed by atoms with E-state index in [2.05, 4.69) is 9.92 Å². The van der Waals surface area contributed by atoms with Crippen molar-refractivity contribution in [3.05, 3.63) is 22.4 Å². The molecule has 0 bridgehead atoms. The van der Waals surface area contributed by atoms with Crippen molar-refractivity contribution in [3.8, 4) is 0 Å². The molecule has 0 aliphatic heterocycles. The molecule has 82 valence electrons. The van der Waals surface area contributed by atoms with Gasteiger partial charge >= 0.3 is 22.3 Å². The van der Waals surface area contributed by atoms with Gasteiger partial charge in [-0.3, -0.25) is 0 Å². The minimum absolute atomic E-state index is 0.102. The summed E-state index contributed by atoms with van der Waals surface area (Å²) in [6.45, 7) is 0. The summed E-state index contributed by atoms with van der Waals surface area (Å²) >= 11 is 1.01. The Kier molecular flexibility index (Phi) is 3.27. The van der Waals surface area contributed by atoms with Gasteiger partial charge in [-0.2, -0.15) is 8.42 Å². The largest absolute Gasteiger partial charge is 0.413 e. The smallest absolute Gasteiger partial charge is 0.351 e. The molecule has 0 saturated carbocycles. The third-order valence-corrected chi connectivity index (χ3v) is 2.81. The first-order valence-corrected chi connectivity index (χ1v) is 5.79. The molecule has 0 aliphatic carbocycles. The summed E-state index contributed by atoms with van der Waals surface area (Å²) in [5, 5.41) is 1.57. The molecule has 1 aromatic rings. The second-order valence-corrected chi connectivity index (χ2v) is 4.50. The molecule has 15 heavy (non-hydrogen) atoms. The molecule has 7 nitrogen and oxygen atoms in total. The number of urea groups is 1. The van der Waals surface area contributed by atoms with Gasteiger partial charge in [0.1, 0.15) is 4.88 Å². The molecular weight excluding hydrogens is 244 g/mol. The zero-order valence-corrected chi connectivity index (χ0v) is 8.80. The minimum atomic E-state index is -4.47. The Labute approximate surface area is 89.1 Å². The highest BCUT2D eigenvalue weighted by Gasteiger charge is 2.20. The van der Waals surface area contributed by atoms with Gasteiger partial charge in [0.05, 0.1) is 0 Å². The highest BCUT2D eigenvalue weighted by molar-refractivity contribution is 7.85. The van der Waals surface area contributed by atoms with Crippen molar-refractivity contribution in [3.63, 3.8) is 0 Å². The van der Waals surface area contributed by atoms with Crippen LogP contribution in [-0.4, -0.2) is 20.4 Å². The van der Waals surface area contributed by atoms with Crippen molar-refractivity contribution in [2.24, 2.45) is 5.73 Å². The van der Waals surface area contributed by atoms with Crippen LogP contribution in [0, 0.1) is 0 Å². The van der Waals surface area contributed by atoms with Crippen molar-refractivity contribution < 1.29 is 22.2 Å². The average Bonchev–Trinajstić information content (AvgIpc) is 2.50. The van der Waals surface area contributed by atoms with E-state index in [1.54, 1.807) is 11.4 Å². The third kappa shape index (κ3) is 3.56. The van der Waals surface area contributed by atoms with E-state index in [1.807, 2.05) is 0 Å². The van der Waals surface area contributed by atoms with Crippen LogP contribution in [0.3, 0.4) is 0 Å². The van der Waals surface area contributed by atoms with Crippen molar-refractivity contribution >= 4 is 33.6 Å². The van der Waals surface area contributed by atoms with E-state index in [-0.39, 0.29) is 4.88 Å². The summed E-state index contributed by atoms with van der Waals surface area (Å²) in [5.41, 5.74) is 4.56. The van der Waals surface area contributed by atoms with Crippen LogP contribution in [-0.2, 0) is 14.5 Å². The summed E-state index contributed by atoms with van der Waals surface area (Å²) in [4.78, 5) is 21.4.